The van der Waals surface area contributed by atoms with Crippen molar-refractivity contribution in [3.8, 4) is 5.75 Å². The van der Waals surface area contributed by atoms with Crippen molar-refractivity contribution in [2.75, 3.05) is 6.61 Å². The summed E-state index contributed by atoms with van der Waals surface area (Å²) in [7, 11) is 0. The summed E-state index contributed by atoms with van der Waals surface area (Å²) in [5.74, 6) is 0.383. The van der Waals surface area contributed by atoms with Gasteiger partial charge in [0.25, 0.3) is 0 Å². The zero-order chi connectivity index (χ0) is 24.2. The van der Waals surface area contributed by atoms with E-state index in [1.807, 2.05) is 24.3 Å². The van der Waals surface area contributed by atoms with Gasteiger partial charge in [0.15, 0.2) is 0 Å². The number of para-hydroxylation sites is 1. The summed E-state index contributed by atoms with van der Waals surface area (Å²) in [6.07, 6.45) is 17.9. The van der Waals surface area contributed by atoms with Gasteiger partial charge < -0.3 is 9.47 Å². The Morgan fingerprint density at radius 1 is 0.697 bits per heavy atom. The van der Waals surface area contributed by atoms with E-state index in [0.29, 0.717) is 18.8 Å². The van der Waals surface area contributed by atoms with Crippen LogP contribution in [0.3, 0.4) is 0 Å². The fourth-order valence-electron chi connectivity index (χ4n) is 3.98. The molecule has 1 aromatic rings. The number of esters is 2. The van der Waals surface area contributed by atoms with Gasteiger partial charge >= 0.3 is 11.9 Å². The van der Waals surface area contributed by atoms with Crippen molar-refractivity contribution < 1.29 is 19.1 Å². The molecule has 0 saturated carbocycles. The second-order valence-electron chi connectivity index (χ2n) is 9.48. The average Bonchev–Trinajstić information content (AvgIpc) is 2.79. The topological polar surface area (TPSA) is 52.6 Å². The van der Waals surface area contributed by atoms with Gasteiger partial charge in [-0.2, -0.15) is 0 Å². The van der Waals surface area contributed by atoms with Crippen molar-refractivity contribution in [2.45, 2.75) is 129 Å². The molecule has 4 nitrogen and oxygen atoms in total. The van der Waals surface area contributed by atoms with E-state index in [1.165, 1.54) is 70.6 Å². The largest absolute Gasteiger partial charge is 0.466 e. The number of rotatable bonds is 20. The lowest BCUT2D eigenvalue weighted by atomic mass is 10.0. The minimum absolute atomic E-state index is 0.218. The standard InChI is InChI=1S/C29H48O4/c1-4-5-6-7-8-9-10-11-12-13-14-15-18-24-32-28(30)22-19-23-29(31)33-27-21-17-16-20-26(27)25(2)3/h16-17,20-21,25H,4-15,18-19,22-24H2,1-3H3. The Kier molecular flexibility index (Phi) is 17.4. The van der Waals surface area contributed by atoms with Crippen LogP contribution in [0.25, 0.3) is 0 Å². The lowest BCUT2D eigenvalue weighted by Gasteiger charge is -2.12. The summed E-state index contributed by atoms with van der Waals surface area (Å²) in [5, 5.41) is 0. The minimum atomic E-state index is -0.299. The molecule has 1 rings (SSSR count). The van der Waals surface area contributed by atoms with Gasteiger partial charge in [0.2, 0.25) is 0 Å². The number of unbranched alkanes of at least 4 members (excludes halogenated alkanes) is 12. The van der Waals surface area contributed by atoms with E-state index < -0.39 is 0 Å². The smallest absolute Gasteiger partial charge is 0.311 e. The summed E-state index contributed by atoms with van der Waals surface area (Å²) in [5.41, 5.74) is 1.02. The van der Waals surface area contributed by atoms with Crippen LogP contribution in [0.5, 0.6) is 5.75 Å². The van der Waals surface area contributed by atoms with Gasteiger partial charge in [-0.15, -0.1) is 0 Å². The number of carbonyl (C=O) groups excluding carboxylic acids is 2. The molecule has 0 aliphatic heterocycles. The lowest BCUT2D eigenvalue weighted by molar-refractivity contribution is -0.144. The first kappa shape index (κ1) is 29.2. The van der Waals surface area contributed by atoms with E-state index >= 15 is 0 Å². The van der Waals surface area contributed by atoms with Crippen LogP contribution >= 0.6 is 0 Å². The van der Waals surface area contributed by atoms with Crippen LogP contribution in [-0.4, -0.2) is 18.5 Å². The van der Waals surface area contributed by atoms with E-state index in [9.17, 15) is 9.59 Å². The molecular weight excluding hydrogens is 412 g/mol. The summed E-state index contributed by atoms with van der Waals surface area (Å²) in [4.78, 5) is 24.0. The van der Waals surface area contributed by atoms with E-state index in [4.69, 9.17) is 9.47 Å². The van der Waals surface area contributed by atoms with Crippen molar-refractivity contribution in [3.63, 3.8) is 0 Å². The third-order valence-electron chi connectivity index (χ3n) is 6.04. The first-order chi connectivity index (χ1) is 16.0. The zero-order valence-electron chi connectivity index (χ0n) is 21.5. The molecule has 0 fully saturated rings. The first-order valence-electron chi connectivity index (χ1n) is 13.5. The molecule has 33 heavy (non-hydrogen) atoms. The Balaban J connectivity index is 1.94. The van der Waals surface area contributed by atoms with Gasteiger partial charge in [-0.25, -0.2) is 0 Å². The third kappa shape index (κ3) is 15.6. The number of ether oxygens (including phenoxy) is 2. The van der Waals surface area contributed by atoms with Crippen LogP contribution in [0, 0.1) is 0 Å². The summed E-state index contributed by atoms with van der Waals surface area (Å²) < 4.78 is 10.8. The molecular formula is C29H48O4. The third-order valence-corrected chi connectivity index (χ3v) is 6.04. The molecule has 0 aliphatic rings. The second-order valence-corrected chi connectivity index (χ2v) is 9.48. The molecule has 0 aromatic heterocycles. The number of hydrogen-bond acceptors (Lipinski definition) is 4. The van der Waals surface area contributed by atoms with Crippen molar-refractivity contribution >= 4 is 11.9 Å². The molecule has 188 valence electrons. The Morgan fingerprint density at radius 2 is 1.21 bits per heavy atom. The van der Waals surface area contributed by atoms with Crippen LogP contribution in [0.4, 0.5) is 0 Å². The fraction of sp³-hybridized carbons (Fsp3) is 0.724. The molecule has 0 saturated heterocycles. The highest BCUT2D eigenvalue weighted by Crippen LogP contribution is 2.26. The van der Waals surface area contributed by atoms with Crippen LogP contribution in [0.15, 0.2) is 24.3 Å². The van der Waals surface area contributed by atoms with Crippen LogP contribution in [0.2, 0.25) is 0 Å². The van der Waals surface area contributed by atoms with Crippen LogP contribution < -0.4 is 4.74 Å². The zero-order valence-corrected chi connectivity index (χ0v) is 21.5. The van der Waals surface area contributed by atoms with Gasteiger partial charge in [0.05, 0.1) is 6.61 Å². The molecule has 0 amide bonds. The minimum Gasteiger partial charge on any atom is -0.466 e. The summed E-state index contributed by atoms with van der Waals surface area (Å²) in [6.45, 7) is 6.89. The molecule has 0 bridgehead atoms. The highest BCUT2D eigenvalue weighted by Gasteiger charge is 2.12. The molecule has 0 aliphatic carbocycles. The fourth-order valence-corrected chi connectivity index (χ4v) is 3.98. The molecule has 0 atom stereocenters. The molecule has 0 radical (unpaired) electrons. The van der Waals surface area contributed by atoms with Gasteiger partial charge in [-0.05, 0) is 30.4 Å². The Labute approximate surface area is 202 Å². The SMILES string of the molecule is CCCCCCCCCCCCCCCOC(=O)CCCC(=O)Oc1ccccc1C(C)C. The Morgan fingerprint density at radius 3 is 1.79 bits per heavy atom. The predicted molar refractivity (Wildman–Crippen MR) is 137 cm³/mol. The maximum atomic E-state index is 12.1. The maximum absolute atomic E-state index is 12.1. The highest BCUT2D eigenvalue weighted by atomic mass is 16.5. The van der Waals surface area contributed by atoms with E-state index in [0.717, 1.165) is 18.4 Å². The maximum Gasteiger partial charge on any atom is 0.311 e. The number of carbonyl (C=O) groups is 2. The normalized spacial score (nSPS) is 11.0. The van der Waals surface area contributed by atoms with Crippen molar-refractivity contribution in [3.05, 3.63) is 29.8 Å². The molecule has 0 spiro atoms. The van der Waals surface area contributed by atoms with Crippen molar-refractivity contribution in [2.24, 2.45) is 0 Å². The van der Waals surface area contributed by atoms with Crippen molar-refractivity contribution in [1.29, 1.82) is 0 Å². The Bertz CT molecular complexity index is 638. The molecule has 0 unspecified atom stereocenters. The predicted octanol–water partition coefficient (Wildman–Crippen LogP) is 8.52. The van der Waals surface area contributed by atoms with Gasteiger partial charge in [-0.1, -0.05) is 116 Å². The molecule has 4 heteroatoms. The van der Waals surface area contributed by atoms with Crippen LogP contribution in [0.1, 0.15) is 135 Å². The van der Waals surface area contributed by atoms with E-state index in [1.54, 1.807) is 0 Å². The van der Waals surface area contributed by atoms with E-state index in [-0.39, 0.29) is 30.7 Å². The van der Waals surface area contributed by atoms with Crippen LogP contribution in [-0.2, 0) is 14.3 Å². The average molecular weight is 461 g/mol. The molecule has 1 aromatic carbocycles. The highest BCUT2D eigenvalue weighted by molar-refractivity contribution is 5.74. The molecule has 0 heterocycles. The lowest BCUT2D eigenvalue weighted by Crippen LogP contribution is -2.11. The Hall–Kier alpha value is -1.84. The van der Waals surface area contributed by atoms with Gasteiger partial charge in [0.1, 0.15) is 5.75 Å². The second kappa shape index (κ2) is 19.6. The summed E-state index contributed by atoms with van der Waals surface area (Å²) >= 11 is 0. The number of hydrogen-bond donors (Lipinski definition) is 0. The van der Waals surface area contributed by atoms with Crippen molar-refractivity contribution in [1.82, 2.24) is 0 Å². The van der Waals surface area contributed by atoms with Gasteiger partial charge in [-0.3, -0.25) is 9.59 Å². The number of benzene rings is 1. The monoisotopic (exact) mass is 460 g/mol. The quantitative estimate of drug-likeness (QED) is 0.111. The van der Waals surface area contributed by atoms with Gasteiger partial charge in [0, 0.05) is 12.8 Å². The van der Waals surface area contributed by atoms with E-state index in [2.05, 4.69) is 20.8 Å². The summed E-state index contributed by atoms with van der Waals surface area (Å²) in [6, 6.07) is 7.60. The first-order valence-corrected chi connectivity index (χ1v) is 13.5. The molecule has 0 N–H and O–H groups in total.